The number of amides is 2. The summed E-state index contributed by atoms with van der Waals surface area (Å²) in [4.78, 5) is 16.9. The van der Waals surface area contributed by atoms with Crippen LogP contribution in [0.3, 0.4) is 0 Å². The molecule has 6 heteroatoms. The summed E-state index contributed by atoms with van der Waals surface area (Å²) in [6.07, 6.45) is 0.809. The predicted molar refractivity (Wildman–Crippen MR) is 109 cm³/mol. The highest BCUT2D eigenvalue weighted by atomic mass is 16.5. The summed E-state index contributed by atoms with van der Waals surface area (Å²) >= 11 is 0. The van der Waals surface area contributed by atoms with E-state index in [0.717, 1.165) is 42.3 Å². The van der Waals surface area contributed by atoms with Gasteiger partial charge in [-0.25, -0.2) is 4.79 Å². The second kappa shape index (κ2) is 8.42. The molecule has 1 unspecified atom stereocenters. The molecule has 2 aromatic rings. The molecule has 0 aromatic heterocycles. The van der Waals surface area contributed by atoms with Crippen molar-refractivity contribution >= 4 is 11.7 Å². The van der Waals surface area contributed by atoms with Crippen LogP contribution in [0.5, 0.6) is 11.5 Å². The highest BCUT2D eigenvalue weighted by molar-refractivity contribution is 5.75. The Morgan fingerprint density at radius 3 is 2.68 bits per heavy atom. The van der Waals surface area contributed by atoms with Gasteiger partial charge in [0.05, 0.1) is 18.3 Å². The molecule has 4 rings (SSSR count). The van der Waals surface area contributed by atoms with Gasteiger partial charge in [0.1, 0.15) is 18.1 Å². The quantitative estimate of drug-likeness (QED) is 0.885. The van der Waals surface area contributed by atoms with Gasteiger partial charge in [-0.2, -0.15) is 0 Å². The number of para-hydroxylation sites is 3. The molecule has 2 heterocycles. The maximum absolute atomic E-state index is 12.7. The molecule has 2 aromatic carbocycles. The molecular weight excluding hydrogens is 354 g/mol. The third kappa shape index (κ3) is 4.01. The van der Waals surface area contributed by atoms with Crippen molar-refractivity contribution in [3.05, 3.63) is 54.1 Å². The summed E-state index contributed by atoms with van der Waals surface area (Å²) in [5, 5.41) is 3.13. The van der Waals surface area contributed by atoms with E-state index in [2.05, 4.69) is 22.3 Å². The number of nitrogens with zero attached hydrogens (tertiary/aromatic N) is 2. The predicted octanol–water partition coefficient (Wildman–Crippen LogP) is 2.92. The zero-order chi connectivity index (χ0) is 19.3. The number of hydrogen-bond donors (Lipinski definition) is 1. The largest absolute Gasteiger partial charge is 0.492 e. The van der Waals surface area contributed by atoms with Crippen LogP contribution in [-0.4, -0.2) is 56.4 Å². The van der Waals surface area contributed by atoms with Crippen LogP contribution in [0.15, 0.2) is 48.5 Å². The Morgan fingerprint density at radius 1 is 1.11 bits per heavy atom. The molecule has 0 saturated carbocycles. The second-order valence-electron chi connectivity index (χ2n) is 7.14. The van der Waals surface area contributed by atoms with E-state index < -0.39 is 0 Å². The van der Waals surface area contributed by atoms with E-state index in [4.69, 9.17) is 9.47 Å². The number of urea groups is 1. The van der Waals surface area contributed by atoms with Crippen LogP contribution < -0.4 is 19.7 Å². The van der Waals surface area contributed by atoms with Crippen molar-refractivity contribution < 1.29 is 14.3 Å². The maximum atomic E-state index is 12.7. The average molecular weight is 381 g/mol. The number of rotatable bonds is 4. The Labute approximate surface area is 166 Å². The van der Waals surface area contributed by atoms with E-state index in [0.29, 0.717) is 26.3 Å². The van der Waals surface area contributed by atoms with Gasteiger partial charge >= 0.3 is 6.03 Å². The van der Waals surface area contributed by atoms with E-state index in [1.165, 1.54) is 0 Å². The zero-order valence-corrected chi connectivity index (χ0v) is 16.3. The van der Waals surface area contributed by atoms with Crippen molar-refractivity contribution in [2.75, 3.05) is 44.3 Å². The number of ether oxygens (including phenoxy) is 2. The first-order valence-corrected chi connectivity index (χ1v) is 9.97. The fourth-order valence-corrected chi connectivity index (χ4v) is 3.83. The summed E-state index contributed by atoms with van der Waals surface area (Å²) in [6.45, 7) is 6.12. The number of carbonyl (C=O) groups is 1. The van der Waals surface area contributed by atoms with E-state index in [-0.39, 0.29) is 12.1 Å². The molecule has 1 saturated heterocycles. The number of nitrogens with one attached hydrogen (secondary N) is 1. The first kappa shape index (κ1) is 18.5. The molecule has 1 atom stereocenters. The number of hydrogen-bond acceptors (Lipinski definition) is 4. The highest BCUT2D eigenvalue weighted by Crippen LogP contribution is 2.29. The first-order chi connectivity index (χ1) is 13.7. The molecule has 0 aliphatic carbocycles. The number of piperazine rings is 1. The SMILES string of the molecule is CCOc1ccccc1N1CCN(C(=O)NC2COc3ccccc3C2)CC1. The molecule has 2 aliphatic heterocycles. The summed E-state index contributed by atoms with van der Waals surface area (Å²) < 4.78 is 11.5. The minimum atomic E-state index is -0.00859. The molecule has 0 radical (unpaired) electrons. The smallest absolute Gasteiger partial charge is 0.317 e. The zero-order valence-electron chi connectivity index (χ0n) is 16.3. The third-order valence-corrected chi connectivity index (χ3v) is 5.28. The third-order valence-electron chi connectivity index (χ3n) is 5.28. The highest BCUT2D eigenvalue weighted by Gasteiger charge is 2.26. The first-order valence-electron chi connectivity index (χ1n) is 9.97. The van der Waals surface area contributed by atoms with E-state index in [9.17, 15) is 4.79 Å². The lowest BCUT2D eigenvalue weighted by Crippen LogP contribution is -2.55. The average Bonchev–Trinajstić information content (AvgIpc) is 2.74. The number of anilines is 1. The molecule has 0 bridgehead atoms. The van der Waals surface area contributed by atoms with Gasteiger partial charge in [-0.3, -0.25) is 0 Å². The standard InChI is InChI=1S/C22H27N3O3/c1-2-27-21-10-6-4-8-19(21)24-11-13-25(14-12-24)22(26)23-18-15-17-7-3-5-9-20(17)28-16-18/h3-10,18H,2,11-16H2,1H3,(H,23,26). The van der Waals surface area contributed by atoms with Gasteiger partial charge in [0, 0.05) is 26.2 Å². The molecule has 0 spiro atoms. The second-order valence-corrected chi connectivity index (χ2v) is 7.14. The van der Waals surface area contributed by atoms with E-state index in [1.54, 1.807) is 0 Å². The van der Waals surface area contributed by atoms with Crippen molar-refractivity contribution in [2.45, 2.75) is 19.4 Å². The van der Waals surface area contributed by atoms with Crippen LogP contribution in [0.4, 0.5) is 10.5 Å². The number of benzene rings is 2. The lowest BCUT2D eigenvalue weighted by molar-refractivity contribution is 0.178. The van der Waals surface area contributed by atoms with Gasteiger partial charge in [-0.05, 0) is 37.1 Å². The molecule has 2 amide bonds. The van der Waals surface area contributed by atoms with Gasteiger partial charge in [0.15, 0.2) is 0 Å². The summed E-state index contributed by atoms with van der Waals surface area (Å²) in [7, 11) is 0. The minimum absolute atomic E-state index is 0.00859. The Morgan fingerprint density at radius 2 is 1.86 bits per heavy atom. The van der Waals surface area contributed by atoms with Gasteiger partial charge < -0.3 is 24.6 Å². The summed E-state index contributed by atoms with van der Waals surface area (Å²) in [6, 6.07) is 16.1. The monoisotopic (exact) mass is 381 g/mol. The van der Waals surface area contributed by atoms with Gasteiger partial charge in [-0.15, -0.1) is 0 Å². The summed E-state index contributed by atoms with van der Waals surface area (Å²) in [5.74, 6) is 1.83. The fourth-order valence-electron chi connectivity index (χ4n) is 3.83. The van der Waals surface area contributed by atoms with Crippen LogP contribution in [0.25, 0.3) is 0 Å². The van der Waals surface area contributed by atoms with Crippen molar-refractivity contribution in [3.8, 4) is 11.5 Å². The topological polar surface area (TPSA) is 54.0 Å². The van der Waals surface area contributed by atoms with Crippen LogP contribution in [0.2, 0.25) is 0 Å². The molecular formula is C22H27N3O3. The van der Waals surface area contributed by atoms with Crippen LogP contribution >= 0.6 is 0 Å². The van der Waals surface area contributed by atoms with E-state index in [1.807, 2.05) is 48.2 Å². The van der Waals surface area contributed by atoms with Crippen LogP contribution in [0, 0.1) is 0 Å². The van der Waals surface area contributed by atoms with Gasteiger partial charge in [-0.1, -0.05) is 30.3 Å². The molecule has 148 valence electrons. The van der Waals surface area contributed by atoms with Crippen molar-refractivity contribution in [1.29, 1.82) is 0 Å². The van der Waals surface area contributed by atoms with E-state index >= 15 is 0 Å². The number of carbonyl (C=O) groups excluding carboxylic acids is 1. The Balaban J connectivity index is 1.31. The Bertz CT molecular complexity index is 818. The van der Waals surface area contributed by atoms with Gasteiger partial charge in [0.25, 0.3) is 0 Å². The molecule has 28 heavy (non-hydrogen) atoms. The van der Waals surface area contributed by atoms with Crippen molar-refractivity contribution in [1.82, 2.24) is 10.2 Å². The lowest BCUT2D eigenvalue weighted by atomic mass is 10.0. The van der Waals surface area contributed by atoms with Crippen molar-refractivity contribution in [2.24, 2.45) is 0 Å². The lowest BCUT2D eigenvalue weighted by Gasteiger charge is -2.37. The molecule has 1 fully saturated rings. The van der Waals surface area contributed by atoms with Gasteiger partial charge in [0.2, 0.25) is 0 Å². The van der Waals surface area contributed by atoms with Crippen molar-refractivity contribution in [3.63, 3.8) is 0 Å². The Kier molecular flexibility index (Phi) is 5.55. The Hall–Kier alpha value is -2.89. The fraction of sp³-hybridized carbons (Fsp3) is 0.409. The summed E-state index contributed by atoms with van der Waals surface area (Å²) in [5.41, 5.74) is 2.25. The minimum Gasteiger partial charge on any atom is -0.492 e. The number of fused-ring (bicyclic) bond motifs is 1. The normalized spacial score (nSPS) is 18.8. The molecule has 2 aliphatic rings. The maximum Gasteiger partial charge on any atom is 0.317 e. The molecule has 1 N–H and O–H groups in total. The van der Waals surface area contributed by atoms with Crippen LogP contribution in [0.1, 0.15) is 12.5 Å². The van der Waals surface area contributed by atoms with Crippen LogP contribution in [-0.2, 0) is 6.42 Å². The molecule has 6 nitrogen and oxygen atoms in total.